The molecule has 0 fully saturated rings. The van der Waals surface area contributed by atoms with Crippen LogP contribution in [-0.4, -0.2) is 45.1 Å². The molecule has 9 heteroatoms. The van der Waals surface area contributed by atoms with Crippen molar-refractivity contribution in [3.05, 3.63) is 12.3 Å². The van der Waals surface area contributed by atoms with Gasteiger partial charge in [-0.15, -0.1) is 0 Å². The highest BCUT2D eigenvalue weighted by Gasteiger charge is 2.16. The first-order valence-corrected chi connectivity index (χ1v) is 7.87. The maximum absolute atomic E-state index is 11.5. The predicted octanol–water partition coefficient (Wildman–Crippen LogP) is -0.877. The zero-order chi connectivity index (χ0) is 12.2. The van der Waals surface area contributed by atoms with Gasteiger partial charge in [0.05, 0.1) is 11.9 Å². The van der Waals surface area contributed by atoms with Gasteiger partial charge in [-0.1, -0.05) is 6.92 Å². The fourth-order valence-electron chi connectivity index (χ4n) is 0.946. The van der Waals surface area contributed by atoms with Gasteiger partial charge in [-0.05, 0) is 6.07 Å². The van der Waals surface area contributed by atoms with E-state index in [1.165, 1.54) is 19.2 Å². The van der Waals surface area contributed by atoms with Crippen molar-refractivity contribution < 1.29 is 16.8 Å². The van der Waals surface area contributed by atoms with Crippen LogP contribution >= 0.6 is 0 Å². The molecule has 1 aromatic heterocycles. The van der Waals surface area contributed by atoms with Crippen molar-refractivity contribution in [3.63, 3.8) is 0 Å². The van der Waals surface area contributed by atoms with Gasteiger partial charge in [-0.2, -0.15) is 5.10 Å². The number of sulfonamides is 1. The van der Waals surface area contributed by atoms with Crippen molar-refractivity contribution >= 4 is 19.9 Å². The average Bonchev–Trinajstić information content (AvgIpc) is 2.70. The highest BCUT2D eigenvalue weighted by Crippen LogP contribution is 2.01. The third-order valence-corrected chi connectivity index (χ3v) is 5.01. The summed E-state index contributed by atoms with van der Waals surface area (Å²) < 4.78 is 47.4. The van der Waals surface area contributed by atoms with Gasteiger partial charge in [0.2, 0.25) is 0 Å². The zero-order valence-corrected chi connectivity index (χ0v) is 10.3. The number of hydrogen-bond acceptors (Lipinski definition) is 5. The summed E-state index contributed by atoms with van der Waals surface area (Å²) in [6.07, 6.45) is 1.30. The molecule has 0 aliphatic heterocycles. The van der Waals surface area contributed by atoms with E-state index in [1.807, 2.05) is 0 Å². The fourth-order valence-corrected chi connectivity index (χ4v) is 2.72. The Balaban J connectivity index is 2.57. The van der Waals surface area contributed by atoms with Crippen LogP contribution in [-0.2, 0) is 19.9 Å². The number of aromatic nitrogens is 2. The number of sulfone groups is 1. The van der Waals surface area contributed by atoms with Gasteiger partial charge in [0.15, 0.2) is 14.9 Å². The Morgan fingerprint density at radius 2 is 2.06 bits per heavy atom. The molecule has 0 spiro atoms. The first-order valence-electron chi connectivity index (χ1n) is 4.57. The minimum absolute atomic E-state index is 0.00121. The van der Waals surface area contributed by atoms with Crippen molar-refractivity contribution in [2.45, 2.75) is 11.9 Å². The second-order valence-electron chi connectivity index (χ2n) is 3.06. The Bertz CT molecular complexity index is 518. The van der Waals surface area contributed by atoms with Crippen LogP contribution in [0.25, 0.3) is 0 Å². The minimum Gasteiger partial charge on any atom is -0.266 e. The van der Waals surface area contributed by atoms with E-state index < -0.39 is 19.9 Å². The van der Waals surface area contributed by atoms with Crippen LogP contribution in [0.5, 0.6) is 0 Å². The van der Waals surface area contributed by atoms with Crippen LogP contribution in [0.1, 0.15) is 6.92 Å². The van der Waals surface area contributed by atoms with Gasteiger partial charge < -0.3 is 0 Å². The molecule has 1 rings (SSSR count). The average molecular weight is 267 g/mol. The third kappa shape index (κ3) is 3.58. The summed E-state index contributed by atoms with van der Waals surface area (Å²) in [7, 11) is -6.84. The van der Waals surface area contributed by atoms with Gasteiger partial charge in [0.1, 0.15) is 0 Å². The molecule has 0 aromatic carbocycles. The van der Waals surface area contributed by atoms with E-state index in [-0.39, 0.29) is 23.1 Å². The summed E-state index contributed by atoms with van der Waals surface area (Å²) in [5.41, 5.74) is 0. The normalized spacial score (nSPS) is 12.8. The smallest absolute Gasteiger partial charge is 0.257 e. The molecule has 1 aromatic rings. The van der Waals surface area contributed by atoms with E-state index in [2.05, 4.69) is 14.9 Å². The van der Waals surface area contributed by atoms with Gasteiger partial charge in [-0.25, -0.2) is 21.6 Å². The first-order chi connectivity index (χ1) is 7.37. The number of rotatable bonds is 6. The molecule has 7 nitrogen and oxygen atoms in total. The van der Waals surface area contributed by atoms with Gasteiger partial charge >= 0.3 is 0 Å². The van der Waals surface area contributed by atoms with E-state index in [4.69, 9.17) is 0 Å². The third-order valence-electron chi connectivity index (χ3n) is 1.91. The van der Waals surface area contributed by atoms with Crippen LogP contribution < -0.4 is 4.72 Å². The van der Waals surface area contributed by atoms with E-state index >= 15 is 0 Å². The van der Waals surface area contributed by atoms with Crippen molar-refractivity contribution in [1.29, 1.82) is 0 Å². The van der Waals surface area contributed by atoms with Gasteiger partial charge in [0.25, 0.3) is 10.0 Å². The molecule has 2 N–H and O–H groups in total. The predicted molar refractivity (Wildman–Crippen MR) is 58.1 cm³/mol. The SMILES string of the molecule is CCS(=O)(=O)CCNS(=O)(=O)c1ccn[nH]1. The first kappa shape index (κ1) is 13.1. The second kappa shape index (κ2) is 4.93. The second-order valence-corrected chi connectivity index (χ2v) is 7.26. The van der Waals surface area contributed by atoms with Crippen molar-refractivity contribution in [2.75, 3.05) is 18.1 Å². The lowest BCUT2D eigenvalue weighted by atomic mass is 10.8. The monoisotopic (exact) mass is 267 g/mol. The number of H-pyrrole nitrogens is 1. The molecule has 0 atom stereocenters. The van der Waals surface area contributed by atoms with E-state index in [0.29, 0.717) is 0 Å². The van der Waals surface area contributed by atoms with Gasteiger partial charge in [-0.3, -0.25) is 5.10 Å². The topological polar surface area (TPSA) is 109 Å². The minimum atomic E-state index is -3.68. The Kier molecular flexibility index (Phi) is 4.05. The highest BCUT2D eigenvalue weighted by molar-refractivity contribution is 7.91. The lowest BCUT2D eigenvalue weighted by Crippen LogP contribution is -2.29. The van der Waals surface area contributed by atoms with Crippen molar-refractivity contribution in [2.24, 2.45) is 0 Å². The molecule has 0 aliphatic carbocycles. The number of nitrogens with one attached hydrogen (secondary N) is 2. The molecule has 0 unspecified atom stereocenters. The molecule has 92 valence electrons. The Labute approximate surface area is 94.2 Å². The molecule has 0 saturated carbocycles. The molecular weight excluding hydrogens is 254 g/mol. The molecule has 1 heterocycles. The number of nitrogens with zero attached hydrogens (tertiary/aromatic N) is 1. The zero-order valence-electron chi connectivity index (χ0n) is 8.67. The summed E-state index contributed by atoms with van der Waals surface area (Å²) in [6, 6.07) is 1.29. The Hall–Kier alpha value is -0.930. The molecule has 0 aliphatic rings. The molecular formula is C7H13N3O4S2. The van der Waals surface area contributed by atoms with Crippen LogP contribution in [0.15, 0.2) is 17.3 Å². The van der Waals surface area contributed by atoms with Crippen LogP contribution in [0, 0.1) is 0 Å². The van der Waals surface area contributed by atoms with Crippen LogP contribution in [0.4, 0.5) is 0 Å². The standard InChI is InChI=1S/C7H13N3O4S2/c1-2-15(11,12)6-5-9-16(13,14)7-3-4-8-10-7/h3-4,9H,2,5-6H2,1H3,(H,8,10). The van der Waals surface area contributed by atoms with Gasteiger partial charge in [0, 0.05) is 12.3 Å². The summed E-state index contributed by atoms with van der Waals surface area (Å²) >= 11 is 0. The van der Waals surface area contributed by atoms with Crippen molar-refractivity contribution in [1.82, 2.24) is 14.9 Å². The van der Waals surface area contributed by atoms with E-state index in [0.717, 1.165) is 0 Å². The largest absolute Gasteiger partial charge is 0.266 e. The quantitative estimate of drug-likeness (QED) is 0.696. The summed E-state index contributed by atoms with van der Waals surface area (Å²) in [5, 5.41) is 5.71. The van der Waals surface area contributed by atoms with Crippen LogP contribution in [0.3, 0.4) is 0 Å². The van der Waals surface area contributed by atoms with Crippen LogP contribution in [0.2, 0.25) is 0 Å². The van der Waals surface area contributed by atoms with E-state index in [1.54, 1.807) is 0 Å². The highest BCUT2D eigenvalue weighted by atomic mass is 32.2. The summed E-state index contributed by atoms with van der Waals surface area (Å²) in [6.45, 7) is 1.37. The molecule has 0 saturated heterocycles. The number of hydrogen-bond donors (Lipinski definition) is 2. The lowest BCUT2D eigenvalue weighted by Gasteiger charge is -2.04. The van der Waals surface area contributed by atoms with Crippen molar-refractivity contribution in [3.8, 4) is 0 Å². The lowest BCUT2D eigenvalue weighted by molar-refractivity contribution is 0.577. The molecule has 16 heavy (non-hydrogen) atoms. The molecule has 0 amide bonds. The fraction of sp³-hybridized carbons (Fsp3) is 0.571. The Morgan fingerprint density at radius 1 is 1.38 bits per heavy atom. The Morgan fingerprint density at radius 3 is 2.56 bits per heavy atom. The molecule has 0 bridgehead atoms. The summed E-state index contributed by atoms with van der Waals surface area (Å²) in [4.78, 5) is 0. The maximum Gasteiger partial charge on any atom is 0.257 e. The molecule has 0 radical (unpaired) electrons. The maximum atomic E-state index is 11.5. The number of aromatic amines is 1. The summed E-state index contributed by atoms with van der Waals surface area (Å²) in [5.74, 6) is -0.213. The van der Waals surface area contributed by atoms with E-state index in [9.17, 15) is 16.8 Å².